The summed E-state index contributed by atoms with van der Waals surface area (Å²) < 4.78 is 2.36. The monoisotopic (exact) mass is 287 g/mol. The molecule has 0 N–H and O–H groups in total. The third-order valence-electron chi connectivity index (χ3n) is 2.60. The molecule has 0 aliphatic rings. The zero-order valence-electron chi connectivity index (χ0n) is 10.4. The normalized spacial score (nSPS) is 11.8. The molecular formula is C15H13NOS2. The van der Waals surface area contributed by atoms with Crippen molar-refractivity contribution in [2.75, 3.05) is 6.26 Å². The molecule has 4 heteroatoms. The minimum atomic E-state index is -0.0591. The number of hydrogen-bond acceptors (Lipinski definition) is 3. The summed E-state index contributed by atoms with van der Waals surface area (Å²) in [6.07, 6.45) is 5.54. The minimum absolute atomic E-state index is 0.0591. The van der Waals surface area contributed by atoms with Gasteiger partial charge in [-0.1, -0.05) is 48.6 Å². The average molecular weight is 287 g/mol. The maximum Gasteiger partial charge on any atom is 0.228 e. The molecular weight excluding hydrogens is 274 g/mol. The number of hydrogen-bond donors (Lipinski definition) is 0. The number of pyridine rings is 1. The predicted molar refractivity (Wildman–Crippen MR) is 82.3 cm³/mol. The fourth-order valence-electron chi connectivity index (χ4n) is 1.69. The number of thiocarbonyl (C=S) groups is 1. The van der Waals surface area contributed by atoms with Gasteiger partial charge >= 0.3 is 0 Å². The molecule has 2 rings (SSSR count). The van der Waals surface area contributed by atoms with E-state index in [1.807, 2.05) is 55.0 Å². The van der Waals surface area contributed by atoms with Crippen LogP contribution in [0.5, 0.6) is 0 Å². The first-order valence-corrected chi connectivity index (χ1v) is 7.39. The maximum atomic E-state index is 12.6. The smallest absolute Gasteiger partial charge is 0.228 e. The fourth-order valence-corrected chi connectivity index (χ4v) is 2.28. The summed E-state index contributed by atoms with van der Waals surface area (Å²) in [6.45, 7) is 0. The summed E-state index contributed by atoms with van der Waals surface area (Å²) in [7, 11) is 0. The van der Waals surface area contributed by atoms with Crippen LogP contribution in [0.4, 0.5) is 0 Å². The Morgan fingerprint density at radius 2 is 1.63 bits per heavy atom. The summed E-state index contributed by atoms with van der Waals surface area (Å²) >= 11 is 6.72. The van der Waals surface area contributed by atoms with Crippen LogP contribution in [0, 0.1) is 0 Å². The summed E-state index contributed by atoms with van der Waals surface area (Å²) in [4.78, 5) is 0. The van der Waals surface area contributed by atoms with Crippen molar-refractivity contribution in [3.05, 3.63) is 66.5 Å². The van der Waals surface area contributed by atoms with Crippen LogP contribution in [0.25, 0.3) is 11.5 Å². The number of benzene rings is 1. The lowest BCUT2D eigenvalue weighted by atomic mass is 10.1. The molecule has 0 radical (unpaired) electrons. The highest BCUT2D eigenvalue weighted by molar-refractivity contribution is 8.23. The molecule has 1 heterocycles. The van der Waals surface area contributed by atoms with Gasteiger partial charge in [0.25, 0.3) is 0 Å². The molecule has 0 atom stereocenters. The lowest BCUT2D eigenvalue weighted by Gasteiger charge is -2.14. The van der Waals surface area contributed by atoms with Crippen molar-refractivity contribution in [2.45, 2.75) is 0 Å². The van der Waals surface area contributed by atoms with Crippen LogP contribution < -0.4 is 9.67 Å². The Bertz CT molecular complexity index is 594. The predicted octanol–water partition coefficient (Wildman–Crippen LogP) is 2.35. The molecule has 0 aliphatic carbocycles. The van der Waals surface area contributed by atoms with E-state index in [1.54, 1.807) is 16.7 Å². The Kier molecular flexibility index (Phi) is 4.71. The summed E-state index contributed by atoms with van der Waals surface area (Å²) in [6, 6.07) is 14.8. The molecule has 0 saturated heterocycles. The zero-order chi connectivity index (χ0) is 13.7. The highest BCUT2D eigenvalue weighted by Crippen LogP contribution is 2.18. The highest BCUT2D eigenvalue weighted by Gasteiger charge is 2.16. The molecule has 2 aromatic rings. The van der Waals surface area contributed by atoms with E-state index in [2.05, 4.69) is 0 Å². The van der Waals surface area contributed by atoms with Gasteiger partial charge in [-0.15, -0.1) is 11.8 Å². The Morgan fingerprint density at radius 1 is 1.05 bits per heavy atom. The van der Waals surface area contributed by atoms with Crippen LogP contribution in [0.2, 0.25) is 0 Å². The van der Waals surface area contributed by atoms with Gasteiger partial charge in [0.15, 0.2) is 12.4 Å². The van der Waals surface area contributed by atoms with E-state index < -0.39 is 0 Å². The standard InChI is InChI=1S/C15H13NOS2/c1-19-15(18)13(16-10-6-3-7-11-16)14(17)12-8-4-2-5-9-12/h2-11H,1H3. The number of rotatable bonds is 3. The van der Waals surface area contributed by atoms with Gasteiger partial charge < -0.3 is 5.11 Å². The van der Waals surface area contributed by atoms with Crippen molar-refractivity contribution < 1.29 is 9.67 Å². The lowest BCUT2D eigenvalue weighted by molar-refractivity contribution is -0.577. The second kappa shape index (κ2) is 6.50. The molecule has 0 unspecified atom stereocenters. The van der Waals surface area contributed by atoms with Gasteiger partial charge in [0.05, 0.1) is 0 Å². The molecule has 96 valence electrons. The van der Waals surface area contributed by atoms with Crippen molar-refractivity contribution >= 4 is 39.6 Å². The summed E-state index contributed by atoms with van der Waals surface area (Å²) in [5.74, 6) is -0.0591. The average Bonchev–Trinajstić information content (AvgIpc) is 2.49. The Hall–Kier alpha value is -1.65. The number of thioether (sulfide) groups is 1. The second-order valence-electron chi connectivity index (χ2n) is 3.82. The van der Waals surface area contributed by atoms with Crippen LogP contribution in [-0.4, -0.2) is 10.5 Å². The minimum Gasteiger partial charge on any atom is -0.868 e. The second-order valence-corrected chi connectivity index (χ2v) is 5.30. The zero-order valence-corrected chi connectivity index (χ0v) is 12.1. The van der Waals surface area contributed by atoms with Crippen LogP contribution >= 0.6 is 24.0 Å². The molecule has 0 spiro atoms. The first kappa shape index (κ1) is 13.8. The molecule has 1 aromatic carbocycles. The first-order valence-electron chi connectivity index (χ1n) is 5.75. The molecule has 0 aliphatic heterocycles. The van der Waals surface area contributed by atoms with E-state index in [-0.39, 0.29) is 5.76 Å². The maximum absolute atomic E-state index is 12.6. The largest absolute Gasteiger partial charge is 0.868 e. The van der Waals surface area contributed by atoms with E-state index in [1.165, 1.54) is 11.8 Å². The van der Waals surface area contributed by atoms with Crippen LogP contribution in [0.1, 0.15) is 5.56 Å². The van der Waals surface area contributed by atoms with Crippen LogP contribution in [-0.2, 0) is 0 Å². The summed E-state index contributed by atoms with van der Waals surface area (Å²) in [5.41, 5.74) is 1.17. The molecule has 19 heavy (non-hydrogen) atoms. The van der Waals surface area contributed by atoms with E-state index in [9.17, 15) is 5.11 Å². The Balaban J connectivity index is 2.58. The third kappa shape index (κ3) is 3.22. The SMILES string of the molecule is CSC(=S)/C(=C(/[O-])c1ccccc1)[n+]1ccccc1. The van der Waals surface area contributed by atoms with Crippen molar-refractivity contribution in [3.8, 4) is 0 Å². The Morgan fingerprint density at radius 3 is 2.21 bits per heavy atom. The Labute approximate surface area is 122 Å². The number of nitrogens with zero attached hydrogens (tertiary/aromatic N) is 1. The van der Waals surface area contributed by atoms with Gasteiger partial charge in [-0.25, -0.2) is 0 Å². The molecule has 0 fully saturated rings. The molecule has 1 aromatic heterocycles. The van der Waals surface area contributed by atoms with Crippen LogP contribution in [0.15, 0.2) is 60.9 Å². The van der Waals surface area contributed by atoms with Crippen LogP contribution in [0.3, 0.4) is 0 Å². The van der Waals surface area contributed by atoms with Crippen molar-refractivity contribution in [1.29, 1.82) is 0 Å². The first-order chi connectivity index (χ1) is 9.24. The molecule has 0 bridgehead atoms. The molecule has 2 nitrogen and oxygen atoms in total. The quantitative estimate of drug-likeness (QED) is 0.375. The van der Waals surface area contributed by atoms with E-state index in [0.29, 0.717) is 15.5 Å². The van der Waals surface area contributed by atoms with Gasteiger partial charge in [0.1, 0.15) is 4.20 Å². The van der Waals surface area contributed by atoms with E-state index in [0.717, 1.165) is 0 Å². The topological polar surface area (TPSA) is 26.9 Å². The molecule has 0 amide bonds. The van der Waals surface area contributed by atoms with E-state index in [4.69, 9.17) is 12.2 Å². The van der Waals surface area contributed by atoms with Gasteiger partial charge in [-0.3, -0.25) is 0 Å². The molecule has 0 saturated carbocycles. The van der Waals surface area contributed by atoms with Crippen molar-refractivity contribution in [1.82, 2.24) is 0 Å². The van der Waals surface area contributed by atoms with Gasteiger partial charge in [-0.05, 0) is 17.6 Å². The highest BCUT2D eigenvalue weighted by atomic mass is 32.2. The number of aromatic nitrogens is 1. The van der Waals surface area contributed by atoms with E-state index >= 15 is 0 Å². The van der Waals surface area contributed by atoms with Gasteiger partial charge in [0, 0.05) is 12.1 Å². The van der Waals surface area contributed by atoms with Gasteiger partial charge in [0.2, 0.25) is 5.70 Å². The fraction of sp³-hybridized carbons (Fsp3) is 0.0667. The lowest BCUT2D eigenvalue weighted by Crippen LogP contribution is -2.36. The van der Waals surface area contributed by atoms with Gasteiger partial charge in [-0.2, -0.15) is 4.57 Å². The summed E-state index contributed by atoms with van der Waals surface area (Å²) in [5, 5.41) is 12.6. The van der Waals surface area contributed by atoms with Crippen molar-refractivity contribution in [3.63, 3.8) is 0 Å². The van der Waals surface area contributed by atoms with Crippen molar-refractivity contribution in [2.24, 2.45) is 0 Å². The third-order valence-corrected chi connectivity index (χ3v) is 3.86.